The van der Waals surface area contributed by atoms with Gasteiger partial charge >= 0.3 is 23.0 Å². The van der Waals surface area contributed by atoms with Crippen molar-refractivity contribution in [2.45, 2.75) is 45.5 Å². The first kappa shape index (κ1) is 60.2. The Morgan fingerprint density at radius 3 is 0.922 bits per heavy atom. The van der Waals surface area contributed by atoms with Crippen molar-refractivity contribution in [2.24, 2.45) is 13.5 Å². The maximum Gasteiger partial charge on any atom is 0.460 e. The summed E-state index contributed by atoms with van der Waals surface area (Å²) in [5.41, 5.74) is 3.12. The zero-order chi connectivity index (χ0) is 62.4. The van der Waals surface area contributed by atoms with Crippen LogP contribution >= 0.6 is 37.3 Å². The van der Waals surface area contributed by atoms with E-state index in [-0.39, 0.29) is 72.4 Å². The van der Waals surface area contributed by atoms with Gasteiger partial charge in [0.25, 0.3) is 0 Å². The Kier molecular flexibility index (Phi) is 16.2. The van der Waals surface area contributed by atoms with Crippen molar-refractivity contribution in [1.29, 1.82) is 0 Å². The Morgan fingerprint density at radius 2 is 0.622 bits per heavy atom. The lowest BCUT2D eigenvalue weighted by atomic mass is 10.1. The molecule has 0 saturated carbocycles. The highest BCUT2D eigenvalue weighted by molar-refractivity contribution is 7.80. The van der Waals surface area contributed by atoms with Crippen LogP contribution in [0.3, 0.4) is 0 Å². The van der Waals surface area contributed by atoms with Crippen molar-refractivity contribution >= 4 is 64.8 Å². The van der Waals surface area contributed by atoms with E-state index in [2.05, 4.69) is 0 Å². The van der Waals surface area contributed by atoms with Crippen LogP contribution in [0.25, 0.3) is 0 Å². The molecule has 0 aromatic heterocycles. The number of aldehydes is 1. The van der Waals surface area contributed by atoms with Gasteiger partial charge in [-0.05, 0) is 131 Å². The number of aliphatic hydroxyl groups is 3. The molecule has 0 radical (unpaired) electrons. The van der Waals surface area contributed by atoms with Crippen molar-refractivity contribution in [3.05, 3.63) is 276 Å². The molecule has 3 N–H and O–H groups in total. The van der Waals surface area contributed by atoms with Crippen LogP contribution in [0.4, 0.5) is 0 Å². The van der Waals surface area contributed by atoms with Crippen LogP contribution in [-0.2, 0) is 13.9 Å². The molecule has 0 bridgehead atoms. The Balaban J connectivity index is 1.10. The van der Waals surface area contributed by atoms with Crippen molar-refractivity contribution in [2.75, 3.05) is 0 Å². The Labute approximate surface area is 520 Å². The van der Waals surface area contributed by atoms with Gasteiger partial charge in [-0.3, -0.25) is 0 Å². The molecule has 10 aromatic carbocycles. The van der Waals surface area contributed by atoms with Crippen molar-refractivity contribution < 1.29 is 65.9 Å². The number of hydrogen-bond acceptors (Lipinski definition) is 17. The number of para-hydroxylation sites is 6. The summed E-state index contributed by atoms with van der Waals surface area (Å²) in [6.45, 7) is 7.44. The lowest BCUT2D eigenvalue weighted by molar-refractivity contribution is -0.115. The number of carbonyl (C=O) groups excluding carboxylic acids is 1. The molecule has 3 aliphatic heterocycles. The highest BCUT2D eigenvalue weighted by atomic mass is 31.3. The summed E-state index contributed by atoms with van der Waals surface area (Å²) >= 11 is 0. The number of ether oxygens (including phenoxy) is 2. The van der Waals surface area contributed by atoms with Gasteiger partial charge in [-0.2, -0.15) is 0 Å². The zero-order valence-electron chi connectivity index (χ0n) is 48.7. The SMILES string of the molecule is Cc1ccc2c(c1)P(=O)(C(O)c1ccccc1OP1(Oc3ccccc3)=NP(Oc3ccccc3)(Oc3ccccc3C(O)C=O)=NP(Oc3ccccc3)(Oc3ccccc3C(O)P3(=O)c4cc(C)ccc4Oc4ccc(C)cc43)=N1)c1cc(C)ccc1O2. The smallest absolute Gasteiger partial charge is 0.456 e. The third-order valence-electron chi connectivity index (χ3n) is 15.0. The fraction of sp³-hybridized carbons (Fsp3) is 0.103. The average Bonchev–Trinajstić information content (AvgIpc) is 0.740. The van der Waals surface area contributed by atoms with E-state index in [1.807, 2.05) is 52.0 Å². The topological polar surface area (TPSA) is 223 Å². The molecule has 454 valence electrons. The normalized spacial score (nSPS) is 19.8. The highest BCUT2D eigenvalue weighted by Crippen LogP contribution is 2.79. The summed E-state index contributed by atoms with van der Waals surface area (Å²) in [6, 6.07) is 65.8. The van der Waals surface area contributed by atoms with Gasteiger partial charge in [0.1, 0.15) is 75.3 Å². The lowest BCUT2D eigenvalue weighted by Gasteiger charge is -2.35. The second-order valence-electron chi connectivity index (χ2n) is 21.6. The molecule has 0 aliphatic carbocycles. The fourth-order valence-corrected chi connectivity index (χ4v) is 26.0. The minimum Gasteiger partial charge on any atom is -0.456 e. The molecule has 13 rings (SSSR count). The largest absolute Gasteiger partial charge is 0.460 e. The molecule has 6 atom stereocenters. The molecule has 6 unspecified atom stereocenters. The lowest BCUT2D eigenvalue weighted by Crippen LogP contribution is -2.28. The van der Waals surface area contributed by atoms with Gasteiger partial charge < -0.3 is 65.9 Å². The predicted octanol–water partition coefficient (Wildman–Crippen LogP) is 17.0. The van der Waals surface area contributed by atoms with Crippen LogP contribution in [-0.4, -0.2) is 21.6 Å². The standard InChI is InChI=1S/C68H58N3O14P5/c1-45-32-36-59-63(40-45)86(76,64-41-46(2)33-37-60(64)78-59)67(74)53-27-15-18-30-57(53)84-89(81-50-22-10-6-11-23-50)69-88(80-49-20-8-5-9-21-49,83-56-29-17-14-26-52(56)55(73)44-72)70-90(71-89,82-51-24-12-7-13-25-51)85-58-31-19-16-28-54(58)68(75)87(77)65-42-47(3)34-38-61(65)79-62-39-35-48(4)43-66(62)87/h5-44,55,67-68,73-75H,1-4H3. The first-order valence-electron chi connectivity index (χ1n) is 28.5. The van der Waals surface area contributed by atoms with Crippen LogP contribution in [0.1, 0.15) is 56.7 Å². The van der Waals surface area contributed by atoms with E-state index in [0.717, 1.165) is 22.3 Å². The molecule has 3 aliphatic rings. The van der Waals surface area contributed by atoms with E-state index in [1.54, 1.807) is 200 Å². The number of carbonyl (C=O) groups is 1. The maximum atomic E-state index is 16.6. The molecular weight excluding hydrogens is 1240 g/mol. The zero-order valence-corrected chi connectivity index (χ0v) is 53.2. The number of nitrogens with zero attached hydrogens (tertiary/aromatic N) is 3. The van der Waals surface area contributed by atoms with Crippen molar-refractivity contribution in [1.82, 2.24) is 0 Å². The van der Waals surface area contributed by atoms with E-state index in [1.165, 1.54) is 12.1 Å². The summed E-state index contributed by atoms with van der Waals surface area (Å²) in [6.07, 6.45) is -1.39. The highest BCUT2D eigenvalue weighted by Gasteiger charge is 2.52. The number of hydrogen-bond donors (Lipinski definition) is 3. The monoisotopic (exact) mass is 1300 g/mol. The molecule has 0 amide bonds. The molecule has 3 heterocycles. The van der Waals surface area contributed by atoms with E-state index >= 15 is 9.13 Å². The van der Waals surface area contributed by atoms with Crippen LogP contribution in [0.2, 0.25) is 0 Å². The number of rotatable bonds is 18. The van der Waals surface area contributed by atoms with Crippen LogP contribution < -0.4 is 57.8 Å². The number of aliphatic hydroxyl groups excluding tert-OH is 3. The third-order valence-corrected chi connectivity index (χ3v) is 29.3. The Morgan fingerprint density at radius 1 is 0.356 bits per heavy atom. The van der Waals surface area contributed by atoms with Gasteiger partial charge in [-0.1, -0.05) is 169 Å². The maximum absolute atomic E-state index is 16.6. The number of aryl methyl sites for hydroxylation is 4. The first-order valence-corrected chi connectivity index (χ1v) is 36.6. The van der Waals surface area contributed by atoms with Crippen molar-refractivity contribution in [3.8, 4) is 57.5 Å². The van der Waals surface area contributed by atoms with Crippen LogP contribution in [0.5, 0.6) is 57.5 Å². The molecule has 0 fully saturated rings. The second kappa shape index (κ2) is 24.3. The Bertz CT molecular complexity index is 4400. The third kappa shape index (κ3) is 11.4. The average molecular weight is 1300 g/mol. The minimum absolute atomic E-state index is 0.000426. The fourth-order valence-electron chi connectivity index (χ4n) is 10.7. The van der Waals surface area contributed by atoms with Gasteiger partial charge in [0.05, 0.1) is 21.2 Å². The summed E-state index contributed by atoms with van der Waals surface area (Å²) in [4.78, 5) is 12.6. The van der Waals surface area contributed by atoms with Gasteiger partial charge in [0, 0.05) is 16.7 Å². The predicted molar refractivity (Wildman–Crippen MR) is 350 cm³/mol. The molecule has 22 heteroatoms. The van der Waals surface area contributed by atoms with Crippen LogP contribution in [0, 0.1) is 27.7 Å². The van der Waals surface area contributed by atoms with Gasteiger partial charge in [0.15, 0.2) is 20.6 Å². The van der Waals surface area contributed by atoms with Crippen LogP contribution in [0.15, 0.2) is 250 Å². The molecule has 90 heavy (non-hydrogen) atoms. The molecule has 17 nitrogen and oxygen atoms in total. The summed E-state index contributed by atoms with van der Waals surface area (Å²) in [7, 11) is -22.9. The van der Waals surface area contributed by atoms with E-state index in [9.17, 15) is 20.1 Å². The van der Waals surface area contributed by atoms with Gasteiger partial charge in [0.2, 0.25) is 0 Å². The van der Waals surface area contributed by atoms with Crippen molar-refractivity contribution in [3.63, 3.8) is 0 Å². The molecule has 0 saturated heterocycles. The minimum atomic E-state index is -4.86. The first-order chi connectivity index (χ1) is 43.5. The van der Waals surface area contributed by atoms with E-state index in [0.29, 0.717) is 29.3 Å². The molecule has 0 spiro atoms. The van der Waals surface area contributed by atoms with Gasteiger partial charge in [-0.25, -0.2) is 0 Å². The van der Waals surface area contributed by atoms with Gasteiger partial charge in [-0.15, -0.1) is 0 Å². The quantitative estimate of drug-likeness (QED) is 0.0537. The summed E-state index contributed by atoms with van der Waals surface area (Å²) < 4.78 is 106. The second-order valence-corrected chi connectivity index (χ2v) is 33.3. The summed E-state index contributed by atoms with van der Waals surface area (Å²) in [5.74, 6) is -2.37. The molecular formula is C68H58N3O14P5. The number of fused-ring (bicyclic) bond motifs is 4. The number of benzene rings is 10. The summed E-state index contributed by atoms with van der Waals surface area (Å²) in [5, 5.41) is 39.1. The Hall–Kier alpha value is -8.70. The van der Waals surface area contributed by atoms with E-state index < -0.39 is 55.1 Å². The van der Waals surface area contributed by atoms with E-state index in [4.69, 9.17) is 50.2 Å². The molecule has 10 aromatic rings.